The van der Waals surface area contributed by atoms with Crippen molar-refractivity contribution in [3.8, 4) is 0 Å². The summed E-state index contributed by atoms with van der Waals surface area (Å²) in [6, 6.07) is 0. The number of rotatable bonds is 6. The van der Waals surface area contributed by atoms with Crippen LogP contribution in [0.25, 0.3) is 0 Å². The number of ether oxygens (including phenoxy) is 2. The molecule has 0 aromatic carbocycles. The average Bonchev–Trinajstić information content (AvgIpc) is 2.30. The fourth-order valence-corrected chi connectivity index (χ4v) is 2.48. The zero-order valence-electron chi connectivity index (χ0n) is 11.4. The van der Waals surface area contributed by atoms with E-state index in [9.17, 15) is 4.79 Å². The number of hydrogen-bond donors (Lipinski definition) is 0. The van der Waals surface area contributed by atoms with Crippen LogP contribution in [0.1, 0.15) is 52.4 Å². The third kappa shape index (κ3) is 5.53. The van der Waals surface area contributed by atoms with Gasteiger partial charge in [-0.1, -0.05) is 13.8 Å². The van der Waals surface area contributed by atoms with Crippen LogP contribution >= 0.6 is 0 Å². The van der Waals surface area contributed by atoms with Crippen molar-refractivity contribution in [3.05, 3.63) is 0 Å². The summed E-state index contributed by atoms with van der Waals surface area (Å²) in [7, 11) is 1.65. The minimum absolute atomic E-state index is 0.0601. The molecule has 0 N–H and O–H groups in total. The predicted octanol–water partition coefficient (Wildman–Crippen LogP) is 3.17. The van der Waals surface area contributed by atoms with Gasteiger partial charge in [-0.15, -0.1) is 0 Å². The highest BCUT2D eigenvalue weighted by atomic mass is 16.5. The van der Waals surface area contributed by atoms with Crippen LogP contribution < -0.4 is 0 Å². The van der Waals surface area contributed by atoms with Gasteiger partial charge >= 0.3 is 5.97 Å². The van der Waals surface area contributed by atoms with E-state index in [4.69, 9.17) is 9.47 Å². The molecule has 0 unspecified atom stereocenters. The summed E-state index contributed by atoms with van der Waals surface area (Å²) in [4.78, 5) is 11.5. The van der Waals surface area contributed by atoms with Crippen molar-refractivity contribution in [2.24, 2.45) is 11.8 Å². The third-order valence-corrected chi connectivity index (χ3v) is 3.69. The first-order valence-corrected chi connectivity index (χ1v) is 6.82. The maximum Gasteiger partial charge on any atom is 0.306 e. The molecule has 0 spiro atoms. The van der Waals surface area contributed by atoms with E-state index in [1.54, 1.807) is 7.11 Å². The maximum absolute atomic E-state index is 11.5. The minimum Gasteiger partial charge on any atom is -0.462 e. The molecule has 0 saturated heterocycles. The SMILES string of the molecule is COCCCC(=O)OC1CCC(C(C)C)CC1. The van der Waals surface area contributed by atoms with Crippen LogP contribution in [0.4, 0.5) is 0 Å². The highest BCUT2D eigenvalue weighted by molar-refractivity contribution is 5.69. The molecule has 3 heteroatoms. The monoisotopic (exact) mass is 242 g/mol. The van der Waals surface area contributed by atoms with Crippen molar-refractivity contribution in [2.45, 2.75) is 58.5 Å². The summed E-state index contributed by atoms with van der Waals surface area (Å²) in [5.41, 5.74) is 0. The molecule has 3 nitrogen and oxygen atoms in total. The second-order valence-electron chi connectivity index (χ2n) is 5.37. The van der Waals surface area contributed by atoms with Gasteiger partial charge < -0.3 is 9.47 Å². The molecule has 1 aliphatic carbocycles. The molecule has 0 heterocycles. The third-order valence-electron chi connectivity index (χ3n) is 3.69. The molecule has 1 rings (SSSR count). The van der Waals surface area contributed by atoms with E-state index >= 15 is 0 Å². The lowest BCUT2D eigenvalue weighted by Gasteiger charge is -2.30. The van der Waals surface area contributed by atoms with E-state index < -0.39 is 0 Å². The Balaban J connectivity index is 2.15. The summed E-state index contributed by atoms with van der Waals surface area (Å²) >= 11 is 0. The van der Waals surface area contributed by atoms with Crippen LogP contribution in [-0.2, 0) is 14.3 Å². The van der Waals surface area contributed by atoms with Crippen molar-refractivity contribution in [3.63, 3.8) is 0 Å². The van der Waals surface area contributed by atoms with Gasteiger partial charge in [-0.3, -0.25) is 4.79 Å². The van der Waals surface area contributed by atoms with E-state index in [0.29, 0.717) is 13.0 Å². The first kappa shape index (κ1) is 14.5. The zero-order chi connectivity index (χ0) is 12.7. The maximum atomic E-state index is 11.5. The van der Waals surface area contributed by atoms with E-state index in [-0.39, 0.29) is 12.1 Å². The lowest BCUT2D eigenvalue weighted by molar-refractivity contribution is -0.151. The summed E-state index contributed by atoms with van der Waals surface area (Å²) in [6.45, 7) is 5.19. The lowest BCUT2D eigenvalue weighted by atomic mass is 9.80. The Kier molecular flexibility index (Phi) is 6.56. The number of carbonyl (C=O) groups is 1. The van der Waals surface area contributed by atoms with Crippen molar-refractivity contribution in [1.82, 2.24) is 0 Å². The standard InChI is InChI=1S/C14H26O3/c1-11(2)12-6-8-13(9-7-12)17-14(15)5-4-10-16-3/h11-13H,4-10H2,1-3H3. The van der Waals surface area contributed by atoms with Gasteiger partial charge in [-0.05, 0) is 43.9 Å². The Bertz CT molecular complexity index is 218. The molecule has 0 bridgehead atoms. The Hall–Kier alpha value is -0.570. The molecule has 17 heavy (non-hydrogen) atoms. The Labute approximate surface area is 105 Å². The van der Waals surface area contributed by atoms with Crippen molar-refractivity contribution < 1.29 is 14.3 Å². The molecular weight excluding hydrogens is 216 g/mol. The molecule has 1 fully saturated rings. The van der Waals surface area contributed by atoms with Crippen LogP contribution in [-0.4, -0.2) is 25.8 Å². The van der Waals surface area contributed by atoms with Crippen molar-refractivity contribution in [2.75, 3.05) is 13.7 Å². The predicted molar refractivity (Wildman–Crippen MR) is 67.8 cm³/mol. The fourth-order valence-electron chi connectivity index (χ4n) is 2.48. The van der Waals surface area contributed by atoms with Crippen molar-refractivity contribution >= 4 is 5.97 Å². The minimum atomic E-state index is -0.0601. The molecule has 0 aliphatic heterocycles. The van der Waals surface area contributed by atoms with Gasteiger partial charge in [-0.2, -0.15) is 0 Å². The van der Waals surface area contributed by atoms with Crippen LogP contribution in [0.3, 0.4) is 0 Å². The van der Waals surface area contributed by atoms with E-state index in [2.05, 4.69) is 13.8 Å². The molecular formula is C14H26O3. The summed E-state index contributed by atoms with van der Waals surface area (Å²) in [5, 5.41) is 0. The topological polar surface area (TPSA) is 35.5 Å². The quantitative estimate of drug-likeness (QED) is 0.530. The molecule has 100 valence electrons. The first-order chi connectivity index (χ1) is 8.13. The van der Waals surface area contributed by atoms with Crippen LogP contribution in [0, 0.1) is 11.8 Å². The number of hydrogen-bond acceptors (Lipinski definition) is 3. The Morgan fingerprint density at radius 2 is 1.88 bits per heavy atom. The Morgan fingerprint density at radius 1 is 1.24 bits per heavy atom. The normalized spacial score (nSPS) is 24.9. The smallest absolute Gasteiger partial charge is 0.306 e. The molecule has 0 aromatic rings. The molecule has 0 amide bonds. The van der Waals surface area contributed by atoms with Crippen LogP contribution in [0.5, 0.6) is 0 Å². The molecule has 1 saturated carbocycles. The van der Waals surface area contributed by atoms with Crippen LogP contribution in [0.2, 0.25) is 0 Å². The largest absolute Gasteiger partial charge is 0.462 e. The van der Waals surface area contributed by atoms with Gasteiger partial charge in [0.2, 0.25) is 0 Å². The Morgan fingerprint density at radius 3 is 2.41 bits per heavy atom. The average molecular weight is 242 g/mol. The summed E-state index contributed by atoms with van der Waals surface area (Å²) in [6.07, 6.45) is 5.90. The zero-order valence-corrected chi connectivity index (χ0v) is 11.4. The fraction of sp³-hybridized carbons (Fsp3) is 0.929. The molecule has 0 atom stereocenters. The first-order valence-electron chi connectivity index (χ1n) is 6.82. The number of esters is 1. The molecule has 0 aromatic heterocycles. The number of carbonyl (C=O) groups excluding carboxylic acids is 1. The second-order valence-corrected chi connectivity index (χ2v) is 5.37. The van der Waals surface area contributed by atoms with Crippen molar-refractivity contribution in [1.29, 1.82) is 0 Å². The van der Waals surface area contributed by atoms with Gasteiger partial charge in [-0.25, -0.2) is 0 Å². The van der Waals surface area contributed by atoms with Crippen LogP contribution in [0.15, 0.2) is 0 Å². The van der Waals surface area contributed by atoms with E-state index in [0.717, 1.165) is 31.1 Å². The van der Waals surface area contributed by atoms with Gasteiger partial charge in [0.25, 0.3) is 0 Å². The van der Waals surface area contributed by atoms with Gasteiger partial charge in [0.15, 0.2) is 0 Å². The molecule has 1 aliphatic rings. The van der Waals surface area contributed by atoms with E-state index in [1.165, 1.54) is 12.8 Å². The van der Waals surface area contributed by atoms with E-state index in [1.807, 2.05) is 0 Å². The number of methoxy groups -OCH3 is 1. The highest BCUT2D eigenvalue weighted by Crippen LogP contribution is 2.31. The van der Waals surface area contributed by atoms with Gasteiger partial charge in [0.1, 0.15) is 6.10 Å². The highest BCUT2D eigenvalue weighted by Gasteiger charge is 2.25. The summed E-state index contributed by atoms with van der Waals surface area (Å²) in [5.74, 6) is 1.52. The lowest BCUT2D eigenvalue weighted by Crippen LogP contribution is -2.26. The van der Waals surface area contributed by atoms with Gasteiger partial charge in [0, 0.05) is 20.1 Å². The molecule has 0 radical (unpaired) electrons. The van der Waals surface area contributed by atoms with Gasteiger partial charge in [0.05, 0.1) is 0 Å². The second kappa shape index (κ2) is 7.70. The summed E-state index contributed by atoms with van der Waals surface area (Å²) < 4.78 is 10.4.